The van der Waals surface area contributed by atoms with Gasteiger partial charge in [-0.1, -0.05) is 34.8 Å². The first kappa shape index (κ1) is 23.6. The molecular weight excluding hydrogens is 479 g/mol. The summed E-state index contributed by atoms with van der Waals surface area (Å²) in [4.78, 5) is 35.6. The number of halogens is 3. The lowest BCUT2D eigenvalue weighted by molar-refractivity contribution is -0.134. The molecule has 6 nitrogen and oxygen atoms in total. The van der Waals surface area contributed by atoms with Crippen LogP contribution in [0.1, 0.15) is 34.0 Å². The third-order valence-electron chi connectivity index (χ3n) is 4.89. The molecule has 0 aliphatic heterocycles. The van der Waals surface area contributed by atoms with Crippen LogP contribution in [0.3, 0.4) is 0 Å². The highest BCUT2D eigenvalue weighted by atomic mass is 35.5. The first-order chi connectivity index (χ1) is 14.9. The number of allylic oxidation sites excluding steroid dienone is 4. The molecule has 3 rings (SSSR count). The van der Waals surface area contributed by atoms with Crippen LogP contribution in [-0.4, -0.2) is 33.0 Å². The summed E-state index contributed by atoms with van der Waals surface area (Å²) < 4.78 is 0. The van der Waals surface area contributed by atoms with E-state index in [-0.39, 0.29) is 31.8 Å². The minimum Gasteiger partial charge on any atom is -0.507 e. The number of benzene rings is 2. The van der Waals surface area contributed by atoms with E-state index < -0.39 is 29.0 Å². The van der Waals surface area contributed by atoms with Gasteiger partial charge in [-0.05, 0) is 78.1 Å². The lowest BCUT2D eigenvalue weighted by Crippen LogP contribution is -2.17. The third-order valence-corrected chi connectivity index (χ3v) is 5.93. The van der Waals surface area contributed by atoms with Gasteiger partial charge >= 0.3 is 11.9 Å². The lowest BCUT2D eigenvalue weighted by Gasteiger charge is -2.19. The van der Waals surface area contributed by atoms with Crippen molar-refractivity contribution in [1.29, 1.82) is 0 Å². The number of carbonyl (C=O) groups excluding carboxylic acids is 1. The predicted molar refractivity (Wildman–Crippen MR) is 122 cm³/mol. The summed E-state index contributed by atoms with van der Waals surface area (Å²) in [7, 11) is 0. The molecule has 0 fully saturated rings. The molecule has 164 valence electrons. The molecule has 3 N–H and O–H groups in total. The minimum absolute atomic E-state index is 0.160. The molecule has 0 saturated heterocycles. The van der Waals surface area contributed by atoms with Crippen LogP contribution in [-0.2, 0) is 9.59 Å². The first-order valence-corrected chi connectivity index (χ1v) is 10.2. The number of phenols is 1. The molecule has 2 aromatic carbocycles. The van der Waals surface area contributed by atoms with E-state index in [1.807, 2.05) is 0 Å². The van der Waals surface area contributed by atoms with Gasteiger partial charge in [-0.25, -0.2) is 9.59 Å². The second kappa shape index (κ2) is 8.82. The van der Waals surface area contributed by atoms with E-state index in [4.69, 9.17) is 34.8 Å². The number of carbonyl (C=O) groups is 3. The van der Waals surface area contributed by atoms with Crippen LogP contribution in [0.4, 0.5) is 0 Å². The second-order valence-electron chi connectivity index (χ2n) is 7.09. The Morgan fingerprint density at radius 1 is 0.812 bits per heavy atom. The molecule has 32 heavy (non-hydrogen) atoms. The average Bonchev–Trinajstić information content (AvgIpc) is 2.70. The molecule has 0 amide bonds. The fourth-order valence-corrected chi connectivity index (χ4v) is 4.00. The summed E-state index contributed by atoms with van der Waals surface area (Å²) >= 11 is 18.7. The van der Waals surface area contributed by atoms with Gasteiger partial charge in [0.2, 0.25) is 0 Å². The van der Waals surface area contributed by atoms with Gasteiger partial charge in [0.25, 0.3) is 0 Å². The number of Topliss-reactive ketones (excluding diaryl/α,β-unsaturated/α-hetero) is 1. The molecule has 0 atom stereocenters. The first-order valence-electron chi connectivity index (χ1n) is 9.06. The number of aromatic carboxylic acids is 1. The number of aryl methyl sites for hydroxylation is 1. The highest BCUT2D eigenvalue weighted by Gasteiger charge is 2.26. The van der Waals surface area contributed by atoms with Gasteiger partial charge in [-0.3, -0.25) is 4.79 Å². The molecule has 0 bridgehead atoms. The van der Waals surface area contributed by atoms with Crippen molar-refractivity contribution in [1.82, 2.24) is 0 Å². The van der Waals surface area contributed by atoms with Crippen molar-refractivity contribution in [2.45, 2.75) is 13.8 Å². The molecule has 0 unspecified atom stereocenters. The van der Waals surface area contributed by atoms with Crippen molar-refractivity contribution >= 4 is 58.1 Å². The van der Waals surface area contributed by atoms with Crippen LogP contribution in [0.2, 0.25) is 15.1 Å². The van der Waals surface area contributed by atoms with E-state index in [1.54, 1.807) is 0 Å². The van der Waals surface area contributed by atoms with Gasteiger partial charge in [-0.15, -0.1) is 0 Å². The zero-order valence-electron chi connectivity index (χ0n) is 16.7. The Bertz CT molecular complexity index is 1300. The smallest absolute Gasteiger partial charge is 0.339 e. The SMILES string of the molecule is CC1=C/C(=C(/c2cc(C)c(O)c(C(=O)O)c2)c2cc(Cl)c(Cl)cc2Cl)C=C(C(=O)O)C1=O. The Hall–Kier alpha value is -3.06. The van der Waals surface area contributed by atoms with Crippen LogP contribution in [0, 0.1) is 6.92 Å². The number of hydrogen-bond donors (Lipinski definition) is 3. The number of aliphatic carboxylic acids is 1. The van der Waals surface area contributed by atoms with E-state index in [0.717, 1.165) is 0 Å². The summed E-state index contributed by atoms with van der Waals surface area (Å²) in [5.41, 5.74) is 0.869. The Labute approximate surface area is 197 Å². The van der Waals surface area contributed by atoms with Gasteiger partial charge in [0, 0.05) is 5.56 Å². The van der Waals surface area contributed by atoms with E-state index in [1.165, 1.54) is 50.3 Å². The maximum atomic E-state index is 12.3. The monoisotopic (exact) mass is 492 g/mol. The maximum Gasteiger partial charge on any atom is 0.339 e. The molecule has 2 aromatic rings. The fraction of sp³-hybridized carbons (Fsp3) is 0.0870. The van der Waals surface area contributed by atoms with Gasteiger partial charge in [0.1, 0.15) is 16.9 Å². The van der Waals surface area contributed by atoms with E-state index >= 15 is 0 Å². The molecule has 1 aliphatic rings. The largest absolute Gasteiger partial charge is 0.507 e. The number of aromatic hydroxyl groups is 1. The summed E-state index contributed by atoms with van der Waals surface area (Å²) in [5.74, 6) is -3.82. The fourth-order valence-electron chi connectivity index (χ4n) is 3.36. The zero-order chi connectivity index (χ0) is 23.9. The molecule has 9 heteroatoms. The Morgan fingerprint density at radius 3 is 2.03 bits per heavy atom. The summed E-state index contributed by atoms with van der Waals surface area (Å²) in [6.07, 6.45) is 2.67. The van der Waals surface area contributed by atoms with Crippen molar-refractivity contribution in [2.24, 2.45) is 0 Å². The van der Waals surface area contributed by atoms with Crippen LogP contribution >= 0.6 is 34.8 Å². The average molecular weight is 494 g/mol. The van der Waals surface area contributed by atoms with Crippen LogP contribution in [0.15, 0.2) is 53.1 Å². The quantitative estimate of drug-likeness (QED) is 0.372. The maximum absolute atomic E-state index is 12.3. The van der Waals surface area contributed by atoms with Crippen LogP contribution < -0.4 is 0 Å². The van der Waals surface area contributed by atoms with Crippen molar-refractivity contribution in [3.63, 3.8) is 0 Å². The predicted octanol–water partition coefficient (Wildman–Crippen LogP) is 5.70. The standard InChI is InChI=1S/C23H15Cl3O6/c1-9-3-11(5-14(20(9)27)22(29)30)19(13-7-17(25)18(26)8-16(13)24)12-4-10(2)21(28)15(6-12)23(31)32/h3-8,27H,1-2H3,(H,29,30)(H,31,32)/b19-12+. The van der Waals surface area contributed by atoms with Gasteiger partial charge in [0.15, 0.2) is 5.78 Å². The summed E-state index contributed by atoms with van der Waals surface area (Å²) in [6.45, 7) is 2.99. The van der Waals surface area contributed by atoms with Gasteiger partial charge < -0.3 is 15.3 Å². The molecule has 1 aliphatic carbocycles. The Morgan fingerprint density at radius 2 is 1.44 bits per heavy atom. The van der Waals surface area contributed by atoms with E-state index in [0.29, 0.717) is 22.3 Å². The highest BCUT2D eigenvalue weighted by Crippen LogP contribution is 2.40. The summed E-state index contributed by atoms with van der Waals surface area (Å²) in [5, 5.41) is 29.7. The zero-order valence-corrected chi connectivity index (χ0v) is 18.9. The molecule has 0 saturated carbocycles. The third kappa shape index (κ3) is 4.30. The molecular formula is C23H15Cl3O6. The molecule has 0 radical (unpaired) electrons. The lowest BCUT2D eigenvalue weighted by atomic mass is 9.85. The molecule has 0 heterocycles. The molecule has 0 spiro atoms. The van der Waals surface area contributed by atoms with Crippen LogP contribution in [0.5, 0.6) is 5.75 Å². The minimum atomic E-state index is -1.41. The number of carboxylic acids is 2. The van der Waals surface area contributed by atoms with Crippen LogP contribution in [0.25, 0.3) is 5.57 Å². The second-order valence-corrected chi connectivity index (χ2v) is 8.31. The van der Waals surface area contributed by atoms with E-state index in [2.05, 4.69) is 0 Å². The number of rotatable bonds is 4. The topological polar surface area (TPSA) is 112 Å². The normalized spacial score (nSPS) is 15.2. The Kier molecular flexibility index (Phi) is 6.51. The summed E-state index contributed by atoms with van der Waals surface area (Å²) in [6, 6.07) is 5.63. The van der Waals surface area contributed by atoms with Gasteiger partial charge in [-0.2, -0.15) is 0 Å². The van der Waals surface area contributed by atoms with Crippen molar-refractivity contribution < 1.29 is 29.7 Å². The Balaban J connectivity index is 2.49. The number of hydrogen-bond acceptors (Lipinski definition) is 4. The molecule has 0 aromatic heterocycles. The highest BCUT2D eigenvalue weighted by molar-refractivity contribution is 6.43. The van der Waals surface area contributed by atoms with Crippen molar-refractivity contribution in [2.75, 3.05) is 0 Å². The van der Waals surface area contributed by atoms with Gasteiger partial charge in [0.05, 0.1) is 15.1 Å². The van der Waals surface area contributed by atoms with Crippen molar-refractivity contribution in [3.05, 3.63) is 90.5 Å². The van der Waals surface area contributed by atoms with Crippen molar-refractivity contribution in [3.8, 4) is 5.75 Å². The van der Waals surface area contributed by atoms with E-state index in [9.17, 15) is 29.7 Å². The number of ketones is 1. The number of carboxylic acid groups (broad SMARTS) is 2.